The summed E-state index contributed by atoms with van der Waals surface area (Å²) in [7, 11) is 1.48. The molecule has 0 bridgehead atoms. The summed E-state index contributed by atoms with van der Waals surface area (Å²) in [4.78, 5) is 60.2. The highest BCUT2D eigenvalue weighted by atomic mass is 16.5. The van der Waals surface area contributed by atoms with Gasteiger partial charge in [0.2, 0.25) is 17.7 Å². The van der Waals surface area contributed by atoms with E-state index in [0.717, 1.165) is 25.7 Å². The van der Waals surface area contributed by atoms with E-state index < -0.39 is 17.9 Å². The molecular formula is C22H29N3O6. The highest BCUT2D eigenvalue weighted by Crippen LogP contribution is 2.25. The Bertz CT molecular complexity index is 839. The van der Waals surface area contributed by atoms with Gasteiger partial charge in [0.1, 0.15) is 11.8 Å². The molecule has 1 atom stereocenters. The second kappa shape index (κ2) is 11.8. The van der Waals surface area contributed by atoms with E-state index in [0.29, 0.717) is 19.4 Å². The third kappa shape index (κ3) is 6.91. The number of nitrogens with one attached hydrogen (secondary N) is 2. The molecule has 1 aliphatic heterocycles. The van der Waals surface area contributed by atoms with E-state index in [9.17, 15) is 24.0 Å². The SMILES string of the molecule is CC(=O)NCCCCCCOc1cccc(C=O)c1C(=O)N(C)C1CCC(=O)NC1=O. The number of piperidine rings is 1. The number of nitrogens with zero attached hydrogens (tertiary/aromatic N) is 1. The molecule has 0 aromatic heterocycles. The fraction of sp³-hybridized carbons (Fsp3) is 0.500. The molecule has 9 nitrogen and oxygen atoms in total. The molecule has 4 amide bonds. The molecule has 2 rings (SSSR count). The summed E-state index contributed by atoms with van der Waals surface area (Å²) in [6, 6.07) is 3.99. The zero-order valence-corrected chi connectivity index (χ0v) is 17.9. The first-order valence-electron chi connectivity index (χ1n) is 10.4. The molecule has 168 valence electrons. The van der Waals surface area contributed by atoms with E-state index in [2.05, 4.69) is 10.6 Å². The lowest BCUT2D eigenvalue weighted by atomic mass is 10.0. The molecule has 9 heteroatoms. The van der Waals surface area contributed by atoms with Crippen LogP contribution in [0.25, 0.3) is 0 Å². The van der Waals surface area contributed by atoms with Crippen LogP contribution in [0.4, 0.5) is 0 Å². The predicted molar refractivity (Wildman–Crippen MR) is 113 cm³/mol. The molecule has 0 radical (unpaired) electrons. The quantitative estimate of drug-likeness (QED) is 0.311. The molecule has 0 saturated carbocycles. The summed E-state index contributed by atoms with van der Waals surface area (Å²) >= 11 is 0. The molecule has 0 spiro atoms. The smallest absolute Gasteiger partial charge is 0.258 e. The molecule has 1 unspecified atom stereocenters. The van der Waals surface area contributed by atoms with E-state index in [1.807, 2.05) is 0 Å². The number of likely N-dealkylation sites (N-methyl/N-ethyl adjacent to an activating group) is 1. The molecule has 1 saturated heterocycles. The van der Waals surface area contributed by atoms with Crippen molar-refractivity contribution in [1.29, 1.82) is 0 Å². The highest BCUT2D eigenvalue weighted by molar-refractivity contribution is 6.07. The Labute approximate surface area is 181 Å². The third-order valence-electron chi connectivity index (χ3n) is 5.10. The average Bonchev–Trinajstić information content (AvgIpc) is 2.74. The van der Waals surface area contributed by atoms with Gasteiger partial charge in [-0.1, -0.05) is 25.0 Å². The summed E-state index contributed by atoms with van der Waals surface area (Å²) < 4.78 is 5.80. The van der Waals surface area contributed by atoms with E-state index in [1.165, 1.54) is 24.9 Å². The molecule has 1 fully saturated rings. The molecule has 1 aromatic carbocycles. The number of ether oxygens (including phenoxy) is 1. The summed E-state index contributed by atoms with van der Waals surface area (Å²) in [5.41, 5.74) is 0.285. The van der Waals surface area contributed by atoms with E-state index in [1.54, 1.807) is 12.1 Å². The summed E-state index contributed by atoms with van der Waals surface area (Å²) in [5.74, 6) is -1.17. The number of rotatable bonds is 11. The molecular weight excluding hydrogens is 402 g/mol. The number of aldehydes is 1. The lowest BCUT2D eigenvalue weighted by Gasteiger charge is -2.30. The lowest BCUT2D eigenvalue weighted by molar-refractivity contribution is -0.136. The van der Waals surface area contributed by atoms with Crippen molar-refractivity contribution in [2.75, 3.05) is 20.2 Å². The Balaban J connectivity index is 1.99. The van der Waals surface area contributed by atoms with Gasteiger partial charge in [0.05, 0.1) is 12.2 Å². The van der Waals surface area contributed by atoms with Crippen molar-refractivity contribution in [3.63, 3.8) is 0 Å². The molecule has 2 N–H and O–H groups in total. The molecule has 1 heterocycles. The maximum absolute atomic E-state index is 13.1. The number of amides is 4. The Kier molecular flexibility index (Phi) is 9.17. The van der Waals surface area contributed by atoms with Crippen LogP contribution in [0.5, 0.6) is 5.75 Å². The molecule has 0 aliphatic carbocycles. The summed E-state index contributed by atoms with van der Waals surface area (Å²) in [6.45, 7) is 2.49. The topological polar surface area (TPSA) is 122 Å². The Hall–Kier alpha value is -3.23. The number of unbranched alkanes of at least 4 members (excludes halogenated alkanes) is 3. The van der Waals surface area contributed by atoms with Crippen LogP contribution in [0, 0.1) is 0 Å². The number of carbonyl (C=O) groups is 5. The zero-order valence-electron chi connectivity index (χ0n) is 17.9. The van der Waals surface area contributed by atoms with Gasteiger partial charge in [0.25, 0.3) is 5.91 Å². The van der Waals surface area contributed by atoms with Crippen molar-refractivity contribution in [2.45, 2.75) is 51.5 Å². The minimum Gasteiger partial charge on any atom is -0.493 e. The normalized spacial score (nSPS) is 15.7. The Morgan fingerprint density at radius 1 is 1.23 bits per heavy atom. The minimum absolute atomic E-state index is 0.0436. The van der Waals surface area contributed by atoms with Gasteiger partial charge in [-0.3, -0.25) is 29.3 Å². The summed E-state index contributed by atoms with van der Waals surface area (Å²) in [6.07, 6.45) is 4.41. The lowest BCUT2D eigenvalue weighted by Crippen LogP contribution is -2.53. The second-order valence-corrected chi connectivity index (χ2v) is 7.47. The van der Waals surface area contributed by atoms with Crippen molar-refractivity contribution in [2.24, 2.45) is 0 Å². The van der Waals surface area contributed by atoms with E-state index in [-0.39, 0.29) is 41.5 Å². The Morgan fingerprint density at radius 3 is 2.65 bits per heavy atom. The van der Waals surface area contributed by atoms with Gasteiger partial charge in [0.15, 0.2) is 6.29 Å². The fourth-order valence-corrected chi connectivity index (χ4v) is 3.39. The van der Waals surface area contributed by atoms with Crippen LogP contribution < -0.4 is 15.4 Å². The fourth-order valence-electron chi connectivity index (χ4n) is 3.39. The molecule has 1 aliphatic rings. The van der Waals surface area contributed by atoms with Crippen molar-refractivity contribution in [3.05, 3.63) is 29.3 Å². The van der Waals surface area contributed by atoms with Gasteiger partial charge < -0.3 is 15.0 Å². The largest absolute Gasteiger partial charge is 0.493 e. The Morgan fingerprint density at radius 2 is 1.97 bits per heavy atom. The van der Waals surface area contributed by atoms with E-state index in [4.69, 9.17) is 4.74 Å². The first-order chi connectivity index (χ1) is 14.8. The molecule has 31 heavy (non-hydrogen) atoms. The van der Waals surface area contributed by atoms with Gasteiger partial charge in [-0.05, 0) is 25.3 Å². The van der Waals surface area contributed by atoms with Gasteiger partial charge in [-0.25, -0.2) is 0 Å². The van der Waals surface area contributed by atoms with Gasteiger partial charge in [0, 0.05) is 32.5 Å². The van der Waals surface area contributed by atoms with Crippen molar-refractivity contribution >= 4 is 29.9 Å². The van der Waals surface area contributed by atoms with Gasteiger partial charge >= 0.3 is 0 Å². The van der Waals surface area contributed by atoms with Crippen molar-refractivity contribution in [3.8, 4) is 5.75 Å². The van der Waals surface area contributed by atoms with Crippen molar-refractivity contribution < 1.29 is 28.7 Å². The van der Waals surface area contributed by atoms with Crippen LogP contribution in [-0.4, -0.2) is 61.1 Å². The standard InChI is InChI=1S/C22H29N3O6/c1-15(27)23-12-5-3-4-6-13-31-18-9-7-8-16(14-26)20(18)22(30)25(2)17-10-11-19(28)24-21(17)29/h7-9,14,17H,3-6,10-13H2,1-2H3,(H,23,27)(H,24,28,29). The second-order valence-electron chi connectivity index (χ2n) is 7.47. The first-order valence-corrected chi connectivity index (χ1v) is 10.4. The van der Waals surface area contributed by atoms with Gasteiger partial charge in [-0.2, -0.15) is 0 Å². The van der Waals surface area contributed by atoms with Gasteiger partial charge in [-0.15, -0.1) is 0 Å². The highest BCUT2D eigenvalue weighted by Gasteiger charge is 2.34. The summed E-state index contributed by atoms with van der Waals surface area (Å²) in [5, 5.41) is 4.98. The van der Waals surface area contributed by atoms with Crippen LogP contribution in [-0.2, 0) is 14.4 Å². The molecule has 1 aromatic rings. The van der Waals surface area contributed by atoms with Crippen LogP contribution in [0.1, 0.15) is 66.2 Å². The first kappa shape index (κ1) is 24.0. The maximum Gasteiger partial charge on any atom is 0.258 e. The zero-order chi connectivity index (χ0) is 22.8. The maximum atomic E-state index is 13.1. The minimum atomic E-state index is -0.790. The van der Waals surface area contributed by atoms with Crippen LogP contribution in [0.2, 0.25) is 0 Å². The van der Waals surface area contributed by atoms with Crippen LogP contribution in [0.15, 0.2) is 18.2 Å². The number of hydrogen-bond donors (Lipinski definition) is 2. The van der Waals surface area contributed by atoms with Crippen molar-refractivity contribution in [1.82, 2.24) is 15.5 Å². The number of benzene rings is 1. The van der Waals surface area contributed by atoms with Crippen LogP contribution >= 0.6 is 0 Å². The average molecular weight is 431 g/mol. The third-order valence-corrected chi connectivity index (χ3v) is 5.10. The monoisotopic (exact) mass is 431 g/mol. The van der Waals surface area contributed by atoms with E-state index >= 15 is 0 Å². The number of carbonyl (C=O) groups excluding carboxylic acids is 5. The van der Waals surface area contributed by atoms with Crippen LogP contribution in [0.3, 0.4) is 0 Å². The number of imide groups is 1. The predicted octanol–water partition coefficient (Wildman–Crippen LogP) is 1.45. The number of hydrogen-bond acceptors (Lipinski definition) is 6.